The van der Waals surface area contributed by atoms with E-state index in [0.29, 0.717) is 5.75 Å². The molecule has 0 heterocycles. The van der Waals surface area contributed by atoms with Gasteiger partial charge in [0.2, 0.25) is 10.0 Å². The van der Waals surface area contributed by atoms with Gasteiger partial charge in [-0.1, -0.05) is 13.8 Å². The zero-order valence-corrected chi connectivity index (χ0v) is 12.3. The second-order valence-electron chi connectivity index (χ2n) is 4.63. The van der Waals surface area contributed by atoms with Crippen LogP contribution >= 0.6 is 0 Å². The first-order valence-corrected chi connectivity index (χ1v) is 7.43. The Morgan fingerprint density at radius 2 is 1.74 bits per heavy atom. The molecular weight excluding hydrogens is 266 g/mol. The molecule has 1 unspecified atom stereocenters. The molecule has 0 fully saturated rings. The molecule has 1 rings (SSSR count). The monoisotopic (exact) mass is 285 g/mol. The summed E-state index contributed by atoms with van der Waals surface area (Å²) in [5, 5.41) is 0. The number of sulfonamides is 1. The van der Waals surface area contributed by atoms with Crippen molar-refractivity contribution in [3.63, 3.8) is 0 Å². The Kier molecular flexibility index (Phi) is 5.08. The summed E-state index contributed by atoms with van der Waals surface area (Å²) < 4.78 is 31.7. The van der Waals surface area contributed by atoms with Gasteiger partial charge in [0, 0.05) is 0 Å². The molecule has 0 aliphatic carbocycles. The van der Waals surface area contributed by atoms with E-state index in [0.717, 1.165) is 0 Å². The second-order valence-corrected chi connectivity index (χ2v) is 6.34. The Balaban J connectivity index is 2.99. The third-order valence-electron chi connectivity index (χ3n) is 2.76. The molecule has 106 valence electrons. The van der Waals surface area contributed by atoms with Crippen LogP contribution in [0.25, 0.3) is 0 Å². The fourth-order valence-electron chi connectivity index (χ4n) is 1.68. The summed E-state index contributed by atoms with van der Waals surface area (Å²) in [5.74, 6) is 0.267. The maximum Gasteiger partial charge on any atom is 0.241 e. The minimum absolute atomic E-state index is 0.106. The minimum atomic E-state index is -3.70. The van der Waals surface area contributed by atoms with Gasteiger partial charge in [-0.2, -0.15) is 0 Å². The highest BCUT2D eigenvalue weighted by atomic mass is 32.2. The van der Waals surface area contributed by atoms with E-state index in [4.69, 9.17) is 4.74 Å². The molecule has 0 amide bonds. The molecular formula is C13H19NO4S. The molecule has 1 atom stereocenters. The summed E-state index contributed by atoms with van der Waals surface area (Å²) in [7, 11) is -2.19. The zero-order chi connectivity index (χ0) is 14.6. The highest BCUT2D eigenvalue weighted by Gasteiger charge is 2.25. The third kappa shape index (κ3) is 4.04. The fraction of sp³-hybridized carbons (Fsp3) is 0.462. The predicted octanol–water partition coefficient (Wildman–Crippen LogP) is 1.59. The van der Waals surface area contributed by atoms with Crippen molar-refractivity contribution in [3.8, 4) is 5.75 Å². The number of methoxy groups -OCH3 is 1. The molecule has 0 aromatic heterocycles. The topological polar surface area (TPSA) is 72.5 Å². The van der Waals surface area contributed by atoms with Gasteiger partial charge in [0.15, 0.2) is 0 Å². The molecule has 5 nitrogen and oxygen atoms in total. The smallest absolute Gasteiger partial charge is 0.241 e. The lowest BCUT2D eigenvalue weighted by molar-refractivity contribution is -0.119. The van der Waals surface area contributed by atoms with Crippen molar-refractivity contribution in [2.24, 2.45) is 5.92 Å². The summed E-state index contributed by atoms with van der Waals surface area (Å²) >= 11 is 0. The first-order chi connectivity index (χ1) is 8.77. The highest BCUT2D eigenvalue weighted by Crippen LogP contribution is 2.16. The lowest BCUT2D eigenvalue weighted by Crippen LogP contribution is -2.43. The number of ketones is 1. The molecule has 1 aromatic rings. The van der Waals surface area contributed by atoms with Crippen LogP contribution in [0.4, 0.5) is 0 Å². The first-order valence-electron chi connectivity index (χ1n) is 5.94. The summed E-state index contributed by atoms with van der Waals surface area (Å²) in [5.41, 5.74) is 0. The number of nitrogens with one attached hydrogen (secondary N) is 1. The van der Waals surface area contributed by atoms with Gasteiger partial charge in [-0.15, -0.1) is 0 Å². The number of benzene rings is 1. The normalized spacial score (nSPS) is 13.3. The van der Waals surface area contributed by atoms with E-state index in [-0.39, 0.29) is 16.6 Å². The second kappa shape index (κ2) is 6.16. The Hall–Kier alpha value is -1.40. The highest BCUT2D eigenvalue weighted by molar-refractivity contribution is 7.89. The number of Topliss-reactive ketones (excluding diaryl/α,β-unsaturated/α-hetero) is 1. The minimum Gasteiger partial charge on any atom is -0.497 e. The maximum atomic E-state index is 12.1. The van der Waals surface area contributed by atoms with Crippen LogP contribution in [0.2, 0.25) is 0 Å². The first kappa shape index (κ1) is 15.7. The van der Waals surface area contributed by atoms with Crippen molar-refractivity contribution in [1.82, 2.24) is 4.72 Å². The van der Waals surface area contributed by atoms with Gasteiger partial charge in [0.05, 0.1) is 18.0 Å². The van der Waals surface area contributed by atoms with Crippen molar-refractivity contribution in [1.29, 1.82) is 0 Å². The molecule has 0 saturated carbocycles. The average Bonchev–Trinajstić information content (AvgIpc) is 2.35. The predicted molar refractivity (Wildman–Crippen MR) is 72.6 cm³/mol. The van der Waals surface area contributed by atoms with Crippen LogP contribution in [-0.4, -0.2) is 27.4 Å². The summed E-state index contributed by atoms with van der Waals surface area (Å²) in [6.45, 7) is 4.96. The lowest BCUT2D eigenvalue weighted by atomic mass is 10.0. The Morgan fingerprint density at radius 3 is 2.11 bits per heavy atom. The fourth-order valence-corrected chi connectivity index (χ4v) is 3.08. The van der Waals surface area contributed by atoms with Gasteiger partial charge in [-0.05, 0) is 37.1 Å². The number of rotatable bonds is 6. The number of hydrogen-bond acceptors (Lipinski definition) is 4. The molecule has 1 N–H and O–H groups in total. The van der Waals surface area contributed by atoms with Crippen molar-refractivity contribution in [3.05, 3.63) is 24.3 Å². The van der Waals surface area contributed by atoms with E-state index in [9.17, 15) is 13.2 Å². The molecule has 19 heavy (non-hydrogen) atoms. The van der Waals surface area contributed by atoms with Gasteiger partial charge in [-0.25, -0.2) is 13.1 Å². The number of hydrogen-bond donors (Lipinski definition) is 1. The molecule has 1 aromatic carbocycles. The van der Waals surface area contributed by atoms with Crippen LogP contribution in [0.5, 0.6) is 5.75 Å². The van der Waals surface area contributed by atoms with Crippen molar-refractivity contribution in [2.45, 2.75) is 31.7 Å². The van der Waals surface area contributed by atoms with Gasteiger partial charge in [0.25, 0.3) is 0 Å². The van der Waals surface area contributed by atoms with E-state index in [2.05, 4.69) is 4.72 Å². The number of carbonyl (C=O) groups excluding carboxylic acids is 1. The average molecular weight is 285 g/mol. The van der Waals surface area contributed by atoms with E-state index in [1.807, 2.05) is 0 Å². The molecule has 0 aliphatic rings. The van der Waals surface area contributed by atoms with E-state index >= 15 is 0 Å². The number of carbonyl (C=O) groups is 1. The summed E-state index contributed by atoms with van der Waals surface area (Å²) in [6.07, 6.45) is 0. The molecule has 0 bridgehead atoms. The van der Waals surface area contributed by atoms with Crippen LogP contribution in [0.15, 0.2) is 29.2 Å². The van der Waals surface area contributed by atoms with Crippen molar-refractivity contribution >= 4 is 15.8 Å². The Labute approximate surface area is 114 Å². The summed E-state index contributed by atoms with van der Waals surface area (Å²) in [4.78, 5) is 11.6. The largest absolute Gasteiger partial charge is 0.497 e. The zero-order valence-electron chi connectivity index (χ0n) is 11.5. The molecule has 0 aliphatic heterocycles. The molecule has 0 saturated heterocycles. The van der Waals surface area contributed by atoms with Gasteiger partial charge >= 0.3 is 0 Å². The number of ether oxygens (including phenoxy) is 1. The SMILES string of the molecule is COc1ccc(S(=O)(=O)NC(C(C)=O)C(C)C)cc1. The van der Waals surface area contributed by atoms with Crippen LogP contribution in [-0.2, 0) is 14.8 Å². The van der Waals surface area contributed by atoms with E-state index in [1.165, 1.54) is 26.2 Å². The Morgan fingerprint density at radius 1 is 1.21 bits per heavy atom. The van der Waals surface area contributed by atoms with Gasteiger partial charge < -0.3 is 4.74 Å². The molecule has 6 heteroatoms. The van der Waals surface area contributed by atoms with Crippen LogP contribution in [0.3, 0.4) is 0 Å². The summed E-state index contributed by atoms with van der Waals surface area (Å²) in [6, 6.07) is 5.30. The van der Waals surface area contributed by atoms with Crippen LogP contribution in [0.1, 0.15) is 20.8 Å². The molecule has 0 spiro atoms. The van der Waals surface area contributed by atoms with Crippen LogP contribution < -0.4 is 9.46 Å². The Bertz CT molecular complexity index is 534. The van der Waals surface area contributed by atoms with E-state index < -0.39 is 16.1 Å². The van der Waals surface area contributed by atoms with E-state index in [1.54, 1.807) is 26.0 Å². The van der Waals surface area contributed by atoms with Crippen LogP contribution in [0, 0.1) is 5.92 Å². The van der Waals surface area contributed by atoms with Crippen molar-refractivity contribution < 1.29 is 17.9 Å². The standard InChI is InChI=1S/C13H19NO4S/c1-9(2)13(10(3)15)14-19(16,17)12-7-5-11(18-4)6-8-12/h5-9,13-14H,1-4H3. The van der Waals surface area contributed by atoms with Gasteiger partial charge in [-0.3, -0.25) is 4.79 Å². The quantitative estimate of drug-likeness (QED) is 0.861. The maximum absolute atomic E-state index is 12.1. The van der Waals surface area contributed by atoms with Crippen molar-refractivity contribution in [2.75, 3.05) is 7.11 Å². The third-order valence-corrected chi connectivity index (χ3v) is 4.21. The lowest BCUT2D eigenvalue weighted by Gasteiger charge is -2.19. The molecule has 0 radical (unpaired) electrons. The van der Waals surface area contributed by atoms with Gasteiger partial charge in [0.1, 0.15) is 11.5 Å².